The molecule has 33 heavy (non-hydrogen) atoms. The van der Waals surface area contributed by atoms with Crippen molar-refractivity contribution in [1.82, 2.24) is 9.55 Å². The number of furan rings is 1. The van der Waals surface area contributed by atoms with Crippen molar-refractivity contribution in [2.45, 2.75) is 31.7 Å². The predicted molar refractivity (Wildman–Crippen MR) is 117 cm³/mol. The maximum absolute atomic E-state index is 15.2. The fourth-order valence-electron chi connectivity index (χ4n) is 4.34. The van der Waals surface area contributed by atoms with Crippen molar-refractivity contribution < 1.29 is 22.4 Å². The molecule has 0 radical (unpaired) electrons. The SMILES string of the molecule is O=C(Nc1cc(F)c(F)c(-c2c(-c3ccc(F)cc3)ncn2C2CCCC2)c1)c1ccco1. The van der Waals surface area contributed by atoms with Crippen LogP contribution in [-0.4, -0.2) is 15.5 Å². The topological polar surface area (TPSA) is 60.1 Å². The van der Waals surface area contributed by atoms with E-state index in [2.05, 4.69) is 10.3 Å². The van der Waals surface area contributed by atoms with Crippen LogP contribution in [0.1, 0.15) is 42.3 Å². The van der Waals surface area contributed by atoms with Gasteiger partial charge in [0, 0.05) is 28.9 Å². The average molecular weight is 451 g/mol. The van der Waals surface area contributed by atoms with Crippen LogP contribution in [0.15, 0.2) is 65.5 Å². The molecule has 0 aliphatic heterocycles. The van der Waals surface area contributed by atoms with Gasteiger partial charge in [-0.25, -0.2) is 18.2 Å². The summed E-state index contributed by atoms with van der Waals surface area (Å²) >= 11 is 0. The Kier molecular flexibility index (Phi) is 5.50. The Morgan fingerprint density at radius 1 is 1.06 bits per heavy atom. The molecule has 0 atom stereocenters. The zero-order valence-electron chi connectivity index (χ0n) is 17.5. The number of carbonyl (C=O) groups is 1. The molecule has 8 heteroatoms. The van der Waals surface area contributed by atoms with Gasteiger partial charge in [0.25, 0.3) is 5.91 Å². The van der Waals surface area contributed by atoms with Crippen LogP contribution < -0.4 is 5.32 Å². The summed E-state index contributed by atoms with van der Waals surface area (Å²) in [7, 11) is 0. The summed E-state index contributed by atoms with van der Waals surface area (Å²) in [5, 5.41) is 2.55. The molecule has 1 aliphatic rings. The first-order valence-electron chi connectivity index (χ1n) is 10.7. The lowest BCUT2D eigenvalue weighted by Crippen LogP contribution is -2.12. The molecule has 5 rings (SSSR count). The van der Waals surface area contributed by atoms with E-state index in [0.717, 1.165) is 31.7 Å². The van der Waals surface area contributed by atoms with E-state index in [4.69, 9.17) is 4.42 Å². The molecule has 0 saturated heterocycles. The second-order valence-corrected chi connectivity index (χ2v) is 8.05. The number of anilines is 1. The minimum atomic E-state index is -1.11. The highest BCUT2D eigenvalue weighted by atomic mass is 19.2. The summed E-state index contributed by atoms with van der Waals surface area (Å²) in [6, 6.07) is 11.1. The lowest BCUT2D eigenvalue weighted by molar-refractivity contribution is 0.0996. The van der Waals surface area contributed by atoms with Gasteiger partial charge in [-0.1, -0.05) is 12.8 Å². The highest BCUT2D eigenvalue weighted by molar-refractivity contribution is 6.02. The molecule has 2 aromatic carbocycles. The van der Waals surface area contributed by atoms with Crippen molar-refractivity contribution >= 4 is 11.6 Å². The fraction of sp³-hybridized carbons (Fsp3) is 0.200. The Morgan fingerprint density at radius 3 is 2.52 bits per heavy atom. The maximum atomic E-state index is 15.2. The number of carbonyl (C=O) groups excluding carboxylic acids is 1. The van der Waals surface area contributed by atoms with Gasteiger partial charge in [0.15, 0.2) is 17.4 Å². The minimum Gasteiger partial charge on any atom is -0.459 e. The Hall–Kier alpha value is -3.81. The van der Waals surface area contributed by atoms with E-state index in [0.29, 0.717) is 17.0 Å². The number of hydrogen-bond acceptors (Lipinski definition) is 3. The lowest BCUT2D eigenvalue weighted by Gasteiger charge is -2.18. The summed E-state index contributed by atoms with van der Waals surface area (Å²) < 4.78 is 50.3. The molecule has 1 N–H and O–H groups in total. The van der Waals surface area contributed by atoms with Crippen molar-refractivity contribution in [3.63, 3.8) is 0 Å². The van der Waals surface area contributed by atoms with Gasteiger partial charge in [-0.3, -0.25) is 4.79 Å². The Balaban J connectivity index is 1.64. The zero-order chi connectivity index (χ0) is 22.9. The Bertz CT molecular complexity index is 1290. The van der Waals surface area contributed by atoms with Gasteiger partial charge in [0.2, 0.25) is 0 Å². The van der Waals surface area contributed by atoms with Crippen LogP contribution in [0, 0.1) is 17.5 Å². The summed E-state index contributed by atoms with van der Waals surface area (Å²) in [5.41, 5.74) is 1.42. The summed E-state index contributed by atoms with van der Waals surface area (Å²) in [6.07, 6.45) is 6.82. The van der Waals surface area contributed by atoms with Gasteiger partial charge in [0.1, 0.15) is 5.82 Å². The van der Waals surface area contributed by atoms with Gasteiger partial charge < -0.3 is 14.3 Å². The molecular weight excluding hydrogens is 431 g/mol. The van der Waals surface area contributed by atoms with Crippen LogP contribution in [0.2, 0.25) is 0 Å². The van der Waals surface area contributed by atoms with Gasteiger partial charge in [-0.2, -0.15) is 0 Å². The molecule has 5 nitrogen and oxygen atoms in total. The van der Waals surface area contributed by atoms with Gasteiger partial charge in [0.05, 0.1) is 24.0 Å². The van der Waals surface area contributed by atoms with Crippen LogP contribution in [-0.2, 0) is 0 Å². The van der Waals surface area contributed by atoms with E-state index in [-0.39, 0.29) is 23.1 Å². The van der Waals surface area contributed by atoms with E-state index in [1.54, 1.807) is 24.5 Å². The molecule has 0 spiro atoms. The zero-order valence-corrected chi connectivity index (χ0v) is 17.5. The lowest BCUT2D eigenvalue weighted by atomic mass is 10.0. The first kappa shape index (κ1) is 21.1. The number of nitrogens with zero attached hydrogens (tertiary/aromatic N) is 2. The molecule has 0 unspecified atom stereocenters. The van der Waals surface area contributed by atoms with E-state index in [9.17, 15) is 13.6 Å². The largest absolute Gasteiger partial charge is 0.459 e. The third-order valence-corrected chi connectivity index (χ3v) is 5.92. The number of amides is 1. The Morgan fingerprint density at radius 2 is 1.82 bits per heavy atom. The molecule has 1 aliphatic carbocycles. The Labute approximate surface area is 187 Å². The van der Waals surface area contributed by atoms with E-state index in [1.165, 1.54) is 30.5 Å². The third kappa shape index (κ3) is 4.04. The second kappa shape index (κ2) is 8.61. The maximum Gasteiger partial charge on any atom is 0.291 e. The number of aromatic nitrogens is 2. The molecule has 1 saturated carbocycles. The average Bonchev–Trinajstić information content (AvgIpc) is 3.58. The first-order chi connectivity index (χ1) is 16.0. The van der Waals surface area contributed by atoms with Crippen LogP contribution in [0.3, 0.4) is 0 Å². The molecule has 1 fully saturated rings. The predicted octanol–water partition coefficient (Wildman–Crippen LogP) is 6.59. The third-order valence-electron chi connectivity index (χ3n) is 5.92. The smallest absolute Gasteiger partial charge is 0.291 e. The van der Waals surface area contributed by atoms with Crippen LogP contribution in [0.5, 0.6) is 0 Å². The number of nitrogens with one attached hydrogen (secondary N) is 1. The van der Waals surface area contributed by atoms with E-state index < -0.39 is 23.4 Å². The number of rotatable bonds is 5. The highest BCUT2D eigenvalue weighted by Crippen LogP contribution is 2.40. The minimum absolute atomic E-state index is 0.0338. The summed E-state index contributed by atoms with van der Waals surface area (Å²) in [6.45, 7) is 0. The normalized spacial score (nSPS) is 14.0. The number of benzene rings is 2. The molecule has 1 amide bonds. The molecule has 2 heterocycles. The van der Waals surface area contributed by atoms with Crippen LogP contribution in [0.25, 0.3) is 22.5 Å². The van der Waals surface area contributed by atoms with Crippen molar-refractivity contribution in [2.75, 3.05) is 5.32 Å². The molecular formula is C25H20F3N3O2. The summed E-state index contributed by atoms with van der Waals surface area (Å²) in [5.74, 6) is -3.10. The van der Waals surface area contributed by atoms with Crippen molar-refractivity contribution in [3.05, 3.63) is 84.3 Å². The second-order valence-electron chi connectivity index (χ2n) is 8.05. The fourth-order valence-corrected chi connectivity index (χ4v) is 4.34. The van der Waals surface area contributed by atoms with E-state index >= 15 is 4.39 Å². The van der Waals surface area contributed by atoms with Crippen LogP contribution >= 0.6 is 0 Å². The van der Waals surface area contributed by atoms with Gasteiger partial charge in [-0.05, 0) is 55.3 Å². The molecule has 2 aromatic heterocycles. The molecule has 0 bridgehead atoms. The van der Waals surface area contributed by atoms with Gasteiger partial charge >= 0.3 is 0 Å². The number of halogens is 3. The van der Waals surface area contributed by atoms with Gasteiger partial charge in [-0.15, -0.1) is 0 Å². The van der Waals surface area contributed by atoms with Crippen molar-refractivity contribution in [1.29, 1.82) is 0 Å². The molecule has 4 aromatic rings. The van der Waals surface area contributed by atoms with Crippen LogP contribution in [0.4, 0.5) is 18.9 Å². The first-order valence-corrected chi connectivity index (χ1v) is 10.7. The standard InChI is InChI=1S/C25H20F3N3O2/c26-16-9-7-15(8-10-16)23-24(31(14-29-23)18-4-1-2-5-18)19-12-17(13-20(27)22(19)28)30-25(32)21-6-3-11-33-21/h3,6-14,18H,1-2,4-5H2,(H,30,32). The molecule has 168 valence electrons. The quantitative estimate of drug-likeness (QED) is 0.372. The van der Waals surface area contributed by atoms with Crippen molar-refractivity contribution in [2.24, 2.45) is 0 Å². The number of imidazole rings is 1. The monoisotopic (exact) mass is 451 g/mol. The van der Waals surface area contributed by atoms with Crippen molar-refractivity contribution in [3.8, 4) is 22.5 Å². The summed E-state index contributed by atoms with van der Waals surface area (Å²) in [4.78, 5) is 16.9. The van der Waals surface area contributed by atoms with E-state index in [1.807, 2.05) is 4.57 Å². The number of hydrogen-bond donors (Lipinski definition) is 1. The highest BCUT2D eigenvalue weighted by Gasteiger charge is 2.27.